The highest BCUT2D eigenvalue weighted by atomic mass is 16.3. The van der Waals surface area contributed by atoms with Crippen LogP contribution in [0.25, 0.3) is 0 Å². The van der Waals surface area contributed by atoms with Gasteiger partial charge in [0.15, 0.2) is 0 Å². The number of nitrogens with one attached hydrogen (secondary N) is 2. The Balaban J connectivity index is 1.49. The molecule has 9 heteroatoms. The van der Waals surface area contributed by atoms with Crippen LogP contribution in [0.2, 0.25) is 0 Å². The lowest BCUT2D eigenvalue weighted by molar-refractivity contribution is 0.0950. The molecule has 1 aliphatic heterocycles. The van der Waals surface area contributed by atoms with Crippen LogP contribution in [-0.2, 0) is 0 Å². The van der Waals surface area contributed by atoms with Gasteiger partial charge in [-0.25, -0.2) is 15.0 Å². The number of rotatable bonds is 7. The summed E-state index contributed by atoms with van der Waals surface area (Å²) in [4.78, 5) is 30.2. The second-order valence-corrected chi connectivity index (χ2v) is 5.71. The highest BCUT2D eigenvalue weighted by Crippen LogP contribution is 2.24. The molecular formula is C16H21N7O2. The van der Waals surface area contributed by atoms with E-state index in [0.29, 0.717) is 18.9 Å². The summed E-state index contributed by atoms with van der Waals surface area (Å²) in [6, 6.07) is 1.98. The Kier molecular flexibility index (Phi) is 5.68. The number of amides is 1. The van der Waals surface area contributed by atoms with E-state index < -0.39 is 0 Å². The first-order valence-electron chi connectivity index (χ1n) is 8.25. The maximum atomic E-state index is 11.9. The zero-order valence-electron chi connectivity index (χ0n) is 13.8. The maximum Gasteiger partial charge on any atom is 0.271 e. The third-order valence-electron chi connectivity index (χ3n) is 4.05. The normalized spacial score (nSPS) is 16.7. The Bertz CT molecular complexity index is 698. The van der Waals surface area contributed by atoms with Crippen molar-refractivity contribution in [1.29, 1.82) is 0 Å². The van der Waals surface area contributed by atoms with Gasteiger partial charge in [0, 0.05) is 38.1 Å². The Morgan fingerprint density at radius 2 is 2.20 bits per heavy atom. The second-order valence-electron chi connectivity index (χ2n) is 5.71. The van der Waals surface area contributed by atoms with E-state index in [2.05, 4.69) is 35.5 Å². The molecule has 132 valence electrons. The molecule has 0 saturated carbocycles. The van der Waals surface area contributed by atoms with E-state index in [1.807, 2.05) is 6.07 Å². The number of aromatic nitrogens is 4. The first-order valence-corrected chi connectivity index (χ1v) is 8.25. The number of aliphatic hydroxyl groups excluding tert-OH is 1. The van der Waals surface area contributed by atoms with Crippen molar-refractivity contribution in [3.05, 3.63) is 36.7 Å². The minimum Gasteiger partial charge on any atom is -0.394 e. The van der Waals surface area contributed by atoms with Gasteiger partial charge in [-0.3, -0.25) is 9.78 Å². The minimum absolute atomic E-state index is 0.119. The van der Waals surface area contributed by atoms with Crippen LogP contribution >= 0.6 is 0 Å². The fourth-order valence-corrected chi connectivity index (χ4v) is 2.80. The zero-order chi connectivity index (χ0) is 17.5. The van der Waals surface area contributed by atoms with Crippen LogP contribution in [-0.4, -0.2) is 63.2 Å². The number of carbonyl (C=O) groups is 1. The summed E-state index contributed by atoms with van der Waals surface area (Å²) in [5, 5.41) is 15.4. The Morgan fingerprint density at radius 1 is 1.28 bits per heavy atom. The van der Waals surface area contributed by atoms with E-state index >= 15 is 0 Å². The monoisotopic (exact) mass is 343 g/mol. The Hall–Kier alpha value is -2.81. The fourth-order valence-electron chi connectivity index (χ4n) is 2.80. The van der Waals surface area contributed by atoms with Crippen LogP contribution in [0.1, 0.15) is 23.3 Å². The van der Waals surface area contributed by atoms with Gasteiger partial charge in [0.05, 0.1) is 18.8 Å². The molecule has 2 aromatic heterocycles. The minimum atomic E-state index is -0.263. The first kappa shape index (κ1) is 17.0. The molecule has 1 aliphatic rings. The van der Waals surface area contributed by atoms with E-state index in [1.54, 1.807) is 0 Å². The molecule has 0 spiro atoms. The summed E-state index contributed by atoms with van der Waals surface area (Å²) in [6.07, 6.45) is 7.94. The summed E-state index contributed by atoms with van der Waals surface area (Å²) in [5.74, 6) is 1.22. The van der Waals surface area contributed by atoms with Crippen LogP contribution in [0.3, 0.4) is 0 Å². The van der Waals surface area contributed by atoms with Gasteiger partial charge < -0.3 is 20.6 Å². The smallest absolute Gasteiger partial charge is 0.271 e. The van der Waals surface area contributed by atoms with Gasteiger partial charge in [-0.05, 0) is 12.8 Å². The molecule has 1 fully saturated rings. The standard InChI is InChI=1S/C16H21N7O2/c24-10-12-2-1-7-23(12)15-8-14(21-11-22-15)19-5-6-20-16(25)13-9-17-3-4-18-13/h3-4,8-9,11-12,24H,1-2,5-7,10H2,(H,20,25)(H,19,21,22)/t12-/m1/s1. The van der Waals surface area contributed by atoms with Gasteiger partial charge in [-0.1, -0.05) is 0 Å². The predicted octanol–water partition coefficient (Wildman–Crippen LogP) is 0.0696. The number of carbonyl (C=O) groups excluding carboxylic acids is 1. The summed E-state index contributed by atoms with van der Waals surface area (Å²) < 4.78 is 0. The number of nitrogens with zero attached hydrogens (tertiary/aromatic N) is 5. The fraction of sp³-hybridized carbons (Fsp3) is 0.438. The molecule has 9 nitrogen and oxygen atoms in total. The number of hydrogen-bond donors (Lipinski definition) is 3. The van der Waals surface area contributed by atoms with Gasteiger partial charge >= 0.3 is 0 Å². The third kappa shape index (κ3) is 4.38. The molecule has 0 aromatic carbocycles. The SMILES string of the molecule is O=C(NCCNc1cc(N2CCC[C@@H]2CO)ncn1)c1cnccn1. The van der Waals surface area contributed by atoms with E-state index in [1.165, 1.54) is 24.9 Å². The van der Waals surface area contributed by atoms with E-state index in [0.717, 1.165) is 25.2 Å². The highest BCUT2D eigenvalue weighted by Gasteiger charge is 2.25. The molecule has 0 unspecified atom stereocenters. The molecule has 3 rings (SSSR count). The number of anilines is 2. The molecule has 3 N–H and O–H groups in total. The van der Waals surface area contributed by atoms with E-state index in [-0.39, 0.29) is 24.2 Å². The molecule has 0 aliphatic carbocycles. The first-order chi connectivity index (χ1) is 12.3. The predicted molar refractivity (Wildman–Crippen MR) is 92.3 cm³/mol. The number of aliphatic hydroxyl groups is 1. The molecule has 3 heterocycles. The number of hydrogen-bond acceptors (Lipinski definition) is 8. The summed E-state index contributed by atoms with van der Waals surface area (Å²) in [6.45, 7) is 1.96. The van der Waals surface area contributed by atoms with E-state index in [4.69, 9.17) is 0 Å². The van der Waals surface area contributed by atoms with E-state index in [9.17, 15) is 9.90 Å². The molecule has 1 amide bonds. The van der Waals surface area contributed by atoms with Crippen LogP contribution in [0.5, 0.6) is 0 Å². The molecule has 0 radical (unpaired) electrons. The van der Waals surface area contributed by atoms with Crippen LogP contribution < -0.4 is 15.5 Å². The average Bonchev–Trinajstić information content (AvgIpc) is 3.15. The summed E-state index contributed by atoms with van der Waals surface area (Å²) in [7, 11) is 0. The quantitative estimate of drug-likeness (QED) is 0.605. The second kappa shape index (κ2) is 8.34. The molecular weight excluding hydrogens is 322 g/mol. The van der Waals surface area contributed by atoms with Gasteiger partial charge in [0.25, 0.3) is 5.91 Å². The van der Waals surface area contributed by atoms with Crippen LogP contribution in [0, 0.1) is 0 Å². The van der Waals surface area contributed by atoms with Gasteiger partial charge in [-0.2, -0.15) is 0 Å². The molecule has 0 bridgehead atoms. The topological polar surface area (TPSA) is 116 Å². The molecule has 1 saturated heterocycles. The van der Waals surface area contributed by atoms with Crippen LogP contribution in [0.4, 0.5) is 11.6 Å². The third-order valence-corrected chi connectivity index (χ3v) is 4.05. The Morgan fingerprint density at radius 3 is 3.00 bits per heavy atom. The van der Waals surface area contributed by atoms with Crippen molar-refractivity contribution in [2.75, 3.05) is 36.5 Å². The lowest BCUT2D eigenvalue weighted by Gasteiger charge is -2.24. The Labute approximate surface area is 145 Å². The van der Waals surface area contributed by atoms with Crippen molar-refractivity contribution >= 4 is 17.5 Å². The van der Waals surface area contributed by atoms with Crippen LogP contribution in [0.15, 0.2) is 31.0 Å². The average molecular weight is 343 g/mol. The maximum absolute atomic E-state index is 11.9. The molecule has 2 aromatic rings. The largest absolute Gasteiger partial charge is 0.394 e. The van der Waals surface area contributed by atoms with Crippen molar-refractivity contribution in [2.24, 2.45) is 0 Å². The highest BCUT2D eigenvalue weighted by molar-refractivity contribution is 5.91. The van der Waals surface area contributed by atoms with Gasteiger partial charge in [0.2, 0.25) is 0 Å². The lowest BCUT2D eigenvalue weighted by atomic mass is 10.2. The van der Waals surface area contributed by atoms with Gasteiger partial charge in [0.1, 0.15) is 23.7 Å². The summed E-state index contributed by atoms with van der Waals surface area (Å²) >= 11 is 0. The molecule has 25 heavy (non-hydrogen) atoms. The summed E-state index contributed by atoms with van der Waals surface area (Å²) in [5.41, 5.74) is 0.288. The molecule has 1 atom stereocenters. The van der Waals surface area contributed by atoms with Crippen molar-refractivity contribution in [3.63, 3.8) is 0 Å². The van der Waals surface area contributed by atoms with Gasteiger partial charge in [-0.15, -0.1) is 0 Å². The zero-order valence-corrected chi connectivity index (χ0v) is 13.8. The van der Waals surface area contributed by atoms with Crippen molar-refractivity contribution < 1.29 is 9.90 Å². The lowest BCUT2D eigenvalue weighted by Crippen LogP contribution is -2.33. The van der Waals surface area contributed by atoms with Crippen molar-refractivity contribution in [2.45, 2.75) is 18.9 Å². The van der Waals surface area contributed by atoms with Crippen molar-refractivity contribution in [3.8, 4) is 0 Å². The van der Waals surface area contributed by atoms with Crippen molar-refractivity contribution in [1.82, 2.24) is 25.3 Å².